The quantitative estimate of drug-likeness (QED) is 0.465. The lowest BCUT2D eigenvalue weighted by Gasteiger charge is -2.16. The number of aryl methyl sites for hydroxylation is 3. The van der Waals surface area contributed by atoms with Gasteiger partial charge in [0.2, 0.25) is 5.91 Å². The first-order valence-electron chi connectivity index (χ1n) is 10.7. The van der Waals surface area contributed by atoms with Crippen molar-refractivity contribution in [1.29, 1.82) is 0 Å². The van der Waals surface area contributed by atoms with Crippen molar-refractivity contribution in [3.63, 3.8) is 0 Å². The Bertz CT molecular complexity index is 1130. The lowest BCUT2D eigenvalue weighted by Crippen LogP contribution is -2.25. The summed E-state index contributed by atoms with van der Waals surface area (Å²) in [4.78, 5) is 34.5. The molecule has 2 heterocycles. The summed E-state index contributed by atoms with van der Waals surface area (Å²) in [5, 5.41) is 0. The van der Waals surface area contributed by atoms with Crippen molar-refractivity contribution in [3.8, 4) is 11.1 Å². The van der Waals surface area contributed by atoms with Crippen LogP contribution in [0.4, 0.5) is 4.39 Å². The van der Waals surface area contributed by atoms with Gasteiger partial charge in [-0.3, -0.25) is 19.6 Å². The van der Waals surface area contributed by atoms with Crippen LogP contribution in [0.3, 0.4) is 0 Å². The number of pyridine rings is 2. The number of rotatable bonds is 8. The number of amides is 1. The third-order valence-electron chi connectivity index (χ3n) is 5.50. The summed E-state index contributed by atoms with van der Waals surface area (Å²) in [6, 6.07) is 12.2. The molecule has 0 saturated carbocycles. The van der Waals surface area contributed by atoms with Crippen LogP contribution >= 0.6 is 0 Å². The van der Waals surface area contributed by atoms with Crippen molar-refractivity contribution in [3.05, 3.63) is 82.7 Å². The zero-order chi connectivity index (χ0) is 23.3. The fourth-order valence-electron chi connectivity index (χ4n) is 3.60. The molecule has 0 aliphatic carbocycles. The largest absolute Gasteiger partial charge is 0.341 e. The molecule has 0 fully saturated rings. The predicted molar refractivity (Wildman–Crippen MR) is 123 cm³/mol. The second-order valence-corrected chi connectivity index (χ2v) is 7.97. The van der Waals surface area contributed by atoms with Gasteiger partial charge in [0.15, 0.2) is 5.78 Å². The average molecular weight is 434 g/mol. The first-order chi connectivity index (χ1) is 15.3. The van der Waals surface area contributed by atoms with Crippen molar-refractivity contribution in [2.75, 3.05) is 7.05 Å². The van der Waals surface area contributed by atoms with E-state index in [1.807, 2.05) is 26.0 Å². The third-order valence-corrected chi connectivity index (χ3v) is 5.50. The number of benzene rings is 1. The molecule has 0 bridgehead atoms. The molecule has 3 aromatic rings. The Hall–Kier alpha value is -3.41. The minimum absolute atomic E-state index is 0.00717. The average Bonchev–Trinajstić information content (AvgIpc) is 2.78. The van der Waals surface area contributed by atoms with E-state index in [9.17, 15) is 14.0 Å². The predicted octanol–water partition coefficient (Wildman–Crippen LogP) is 5.08. The molecule has 5 nitrogen and oxygen atoms in total. The van der Waals surface area contributed by atoms with Crippen LogP contribution in [-0.2, 0) is 17.8 Å². The summed E-state index contributed by atoms with van der Waals surface area (Å²) >= 11 is 0. The monoisotopic (exact) mass is 433 g/mol. The number of aromatic nitrogens is 2. The van der Waals surface area contributed by atoms with Crippen molar-refractivity contribution < 1.29 is 14.0 Å². The summed E-state index contributed by atoms with van der Waals surface area (Å²) in [5.41, 5.74) is 5.03. The Morgan fingerprint density at radius 3 is 2.47 bits per heavy atom. The standard InChI is InChI=1S/C26H28FN3O2/c1-5-26(32)30(4)16-19-7-11-22(23(27)14-19)21-9-12-24(28-15-21)25(31)13-10-20-8-6-17(2)29-18(20)3/h6-9,11-12,14-15H,5,10,13,16H2,1-4H3. The fraction of sp³-hybridized carbons (Fsp3) is 0.308. The van der Waals surface area contributed by atoms with Crippen LogP contribution in [-0.4, -0.2) is 33.6 Å². The molecule has 166 valence electrons. The summed E-state index contributed by atoms with van der Waals surface area (Å²) in [5.74, 6) is -0.438. The van der Waals surface area contributed by atoms with E-state index in [0.717, 1.165) is 22.5 Å². The van der Waals surface area contributed by atoms with Gasteiger partial charge in [0.25, 0.3) is 0 Å². The number of ketones is 1. The zero-order valence-corrected chi connectivity index (χ0v) is 19.0. The van der Waals surface area contributed by atoms with Gasteiger partial charge in [-0.15, -0.1) is 0 Å². The number of hydrogen-bond acceptors (Lipinski definition) is 4. The Kier molecular flexibility index (Phi) is 7.46. The van der Waals surface area contributed by atoms with E-state index >= 15 is 0 Å². The lowest BCUT2D eigenvalue weighted by molar-refractivity contribution is -0.130. The molecule has 0 unspecified atom stereocenters. The Morgan fingerprint density at radius 2 is 1.84 bits per heavy atom. The molecule has 0 spiro atoms. The SMILES string of the molecule is CCC(=O)N(C)Cc1ccc(-c2ccc(C(=O)CCc3ccc(C)nc3C)nc2)c(F)c1. The Morgan fingerprint density at radius 1 is 1.06 bits per heavy atom. The van der Waals surface area contributed by atoms with Gasteiger partial charge in [0.1, 0.15) is 11.5 Å². The smallest absolute Gasteiger partial charge is 0.222 e. The van der Waals surface area contributed by atoms with Gasteiger partial charge in [0, 0.05) is 55.1 Å². The molecule has 1 amide bonds. The molecule has 1 aromatic carbocycles. The molecule has 0 atom stereocenters. The maximum atomic E-state index is 14.7. The molecule has 0 N–H and O–H groups in total. The molecular formula is C26H28FN3O2. The van der Waals surface area contributed by atoms with Crippen LogP contribution in [0.1, 0.15) is 52.8 Å². The van der Waals surface area contributed by atoms with Gasteiger partial charge in [-0.1, -0.05) is 31.2 Å². The van der Waals surface area contributed by atoms with E-state index in [2.05, 4.69) is 9.97 Å². The highest BCUT2D eigenvalue weighted by molar-refractivity contribution is 5.94. The Balaban J connectivity index is 1.67. The molecular weight excluding hydrogens is 405 g/mol. The number of hydrogen-bond donors (Lipinski definition) is 0. The number of carbonyl (C=O) groups is 2. The van der Waals surface area contributed by atoms with E-state index < -0.39 is 0 Å². The van der Waals surface area contributed by atoms with Crippen molar-refractivity contribution in [2.24, 2.45) is 0 Å². The van der Waals surface area contributed by atoms with Gasteiger partial charge in [0.05, 0.1) is 0 Å². The molecule has 0 aliphatic heterocycles. The molecule has 6 heteroatoms. The van der Waals surface area contributed by atoms with Crippen LogP contribution in [0.5, 0.6) is 0 Å². The van der Waals surface area contributed by atoms with E-state index in [0.29, 0.717) is 42.6 Å². The van der Waals surface area contributed by atoms with Crippen molar-refractivity contribution in [1.82, 2.24) is 14.9 Å². The van der Waals surface area contributed by atoms with Gasteiger partial charge >= 0.3 is 0 Å². The van der Waals surface area contributed by atoms with E-state index in [1.165, 1.54) is 12.3 Å². The maximum absolute atomic E-state index is 14.7. The summed E-state index contributed by atoms with van der Waals surface area (Å²) in [6.45, 7) is 6.03. The first kappa shape index (κ1) is 23.3. The minimum atomic E-state index is -0.386. The van der Waals surface area contributed by atoms with Crippen LogP contribution in [0.2, 0.25) is 0 Å². The number of carbonyl (C=O) groups excluding carboxylic acids is 2. The van der Waals surface area contributed by atoms with E-state index in [4.69, 9.17) is 0 Å². The molecule has 0 aliphatic rings. The third kappa shape index (κ3) is 5.63. The van der Waals surface area contributed by atoms with E-state index in [1.54, 1.807) is 43.1 Å². The molecule has 32 heavy (non-hydrogen) atoms. The van der Waals surface area contributed by atoms with Crippen LogP contribution in [0, 0.1) is 19.7 Å². The second-order valence-electron chi connectivity index (χ2n) is 7.97. The normalized spacial score (nSPS) is 10.8. The zero-order valence-electron chi connectivity index (χ0n) is 19.0. The highest BCUT2D eigenvalue weighted by atomic mass is 19.1. The number of Topliss-reactive ketones (excluding diaryl/α,β-unsaturated/α-hetero) is 1. The lowest BCUT2D eigenvalue weighted by atomic mass is 10.0. The van der Waals surface area contributed by atoms with Crippen molar-refractivity contribution in [2.45, 2.75) is 46.6 Å². The maximum Gasteiger partial charge on any atom is 0.222 e. The van der Waals surface area contributed by atoms with E-state index in [-0.39, 0.29) is 17.5 Å². The van der Waals surface area contributed by atoms with Crippen LogP contribution in [0.25, 0.3) is 11.1 Å². The Labute approximate surface area is 188 Å². The summed E-state index contributed by atoms with van der Waals surface area (Å²) in [6.07, 6.45) is 2.88. The second kappa shape index (κ2) is 10.3. The first-order valence-corrected chi connectivity index (χ1v) is 10.7. The molecule has 0 saturated heterocycles. The fourth-order valence-corrected chi connectivity index (χ4v) is 3.60. The van der Waals surface area contributed by atoms with Gasteiger partial charge in [-0.05, 0) is 49.6 Å². The molecule has 3 rings (SSSR count). The summed E-state index contributed by atoms with van der Waals surface area (Å²) in [7, 11) is 1.70. The molecule has 2 aromatic heterocycles. The molecule has 0 radical (unpaired) electrons. The van der Waals surface area contributed by atoms with Gasteiger partial charge in [-0.25, -0.2) is 4.39 Å². The van der Waals surface area contributed by atoms with Gasteiger partial charge < -0.3 is 4.90 Å². The van der Waals surface area contributed by atoms with Crippen molar-refractivity contribution >= 4 is 11.7 Å². The van der Waals surface area contributed by atoms with Crippen LogP contribution < -0.4 is 0 Å². The van der Waals surface area contributed by atoms with Crippen LogP contribution in [0.15, 0.2) is 48.7 Å². The van der Waals surface area contributed by atoms with Gasteiger partial charge in [-0.2, -0.15) is 0 Å². The minimum Gasteiger partial charge on any atom is -0.341 e. The number of nitrogens with zero attached hydrogens (tertiary/aromatic N) is 3. The topological polar surface area (TPSA) is 63.2 Å². The summed E-state index contributed by atoms with van der Waals surface area (Å²) < 4.78 is 14.7. The highest BCUT2D eigenvalue weighted by Gasteiger charge is 2.13. The highest BCUT2D eigenvalue weighted by Crippen LogP contribution is 2.24. The number of halogens is 1.